The molecule has 0 bridgehead atoms. The summed E-state index contributed by atoms with van der Waals surface area (Å²) in [6.45, 7) is 0.699. The van der Waals surface area contributed by atoms with Crippen LogP contribution in [0.15, 0.2) is 30.7 Å². The molecule has 0 aromatic carbocycles. The summed E-state index contributed by atoms with van der Waals surface area (Å²) in [5.41, 5.74) is 1.54. The first-order valence-electron chi connectivity index (χ1n) is 8.09. The highest BCUT2D eigenvalue weighted by Crippen LogP contribution is 2.28. The van der Waals surface area contributed by atoms with Gasteiger partial charge in [-0.25, -0.2) is 4.98 Å². The Morgan fingerprint density at radius 2 is 2.21 bits per heavy atom. The van der Waals surface area contributed by atoms with E-state index < -0.39 is 0 Å². The molecule has 7 heteroatoms. The maximum Gasteiger partial charge on any atom is 0.253 e. The summed E-state index contributed by atoms with van der Waals surface area (Å²) >= 11 is 0. The number of aromatic nitrogens is 3. The van der Waals surface area contributed by atoms with Gasteiger partial charge in [0.25, 0.3) is 5.91 Å². The molecule has 2 aromatic rings. The Morgan fingerprint density at radius 3 is 2.83 bits per heavy atom. The molecule has 0 unspecified atom stereocenters. The van der Waals surface area contributed by atoms with Crippen molar-refractivity contribution in [2.75, 3.05) is 25.6 Å². The lowest BCUT2D eigenvalue weighted by Crippen LogP contribution is -2.42. The predicted molar refractivity (Wildman–Crippen MR) is 91.0 cm³/mol. The van der Waals surface area contributed by atoms with Gasteiger partial charge in [-0.15, -0.1) is 0 Å². The summed E-state index contributed by atoms with van der Waals surface area (Å²) in [5, 5.41) is 7.29. The average molecular weight is 329 g/mol. The van der Waals surface area contributed by atoms with Crippen molar-refractivity contribution in [2.45, 2.75) is 25.0 Å². The largest absolute Gasteiger partial charge is 0.371 e. The number of pyridine rings is 1. The second kappa shape index (κ2) is 7.00. The third kappa shape index (κ3) is 3.56. The van der Waals surface area contributed by atoms with Crippen LogP contribution in [0, 0.1) is 0 Å². The molecule has 1 amide bonds. The Balaban J connectivity index is 1.71. The number of carbonyl (C=O) groups is 1. The zero-order valence-corrected chi connectivity index (χ0v) is 14.3. The number of anilines is 1. The summed E-state index contributed by atoms with van der Waals surface area (Å²) < 4.78 is 7.63. The molecule has 3 rings (SSSR count). The van der Waals surface area contributed by atoms with Crippen LogP contribution in [0.4, 0.5) is 5.82 Å². The molecule has 2 atom stereocenters. The van der Waals surface area contributed by atoms with E-state index in [4.69, 9.17) is 4.74 Å². The number of amides is 1. The number of ether oxygens (including phenoxy) is 1. The van der Waals surface area contributed by atoms with Gasteiger partial charge in [-0.3, -0.25) is 9.48 Å². The predicted octanol–water partition coefficient (Wildman–Crippen LogP) is 1.53. The molecule has 24 heavy (non-hydrogen) atoms. The molecule has 1 fully saturated rings. The number of nitrogens with one attached hydrogen (secondary N) is 1. The van der Waals surface area contributed by atoms with Gasteiger partial charge in [0.1, 0.15) is 11.9 Å². The minimum atomic E-state index is -0.162. The van der Waals surface area contributed by atoms with Gasteiger partial charge in [-0.1, -0.05) is 0 Å². The fraction of sp³-hybridized carbons (Fsp3) is 0.471. The van der Waals surface area contributed by atoms with Gasteiger partial charge in [0.2, 0.25) is 0 Å². The number of rotatable bonds is 4. The van der Waals surface area contributed by atoms with Crippen molar-refractivity contribution in [3.05, 3.63) is 41.9 Å². The van der Waals surface area contributed by atoms with Crippen LogP contribution < -0.4 is 10.2 Å². The Bertz CT molecular complexity index is 695. The van der Waals surface area contributed by atoms with E-state index in [1.165, 1.54) is 0 Å². The Kier molecular flexibility index (Phi) is 4.80. The van der Waals surface area contributed by atoms with E-state index in [0.717, 1.165) is 24.2 Å². The molecule has 1 saturated heterocycles. The van der Waals surface area contributed by atoms with Gasteiger partial charge >= 0.3 is 0 Å². The minimum Gasteiger partial charge on any atom is -0.371 e. The normalized spacial score (nSPS) is 20.6. The third-order valence-corrected chi connectivity index (χ3v) is 4.16. The quantitative estimate of drug-likeness (QED) is 0.921. The van der Waals surface area contributed by atoms with Gasteiger partial charge in [0.15, 0.2) is 0 Å². The summed E-state index contributed by atoms with van der Waals surface area (Å²) in [4.78, 5) is 18.7. The Labute approximate surface area is 141 Å². The highest BCUT2D eigenvalue weighted by molar-refractivity contribution is 5.94. The van der Waals surface area contributed by atoms with Gasteiger partial charge in [-0.2, -0.15) is 5.10 Å². The van der Waals surface area contributed by atoms with Crippen molar-refractivity contribution < 1.29 is 9.53 Å². The molecular weight excluding hydrogens is 306 g/mol. The van der Waals surface area contributed by atoms with Crippen molar-refractivity contribution in [1.82, 2.24) is 20.1 Å². The molecule has 7 nitrogen and oxygen atoms in total. The molecule has 2 aromatic heterocycles. The molecule has 1 aliphatic heterocycles. The van der Waals surface area contributed by atoms with Crippen molar-refractivity contribution in [2.24, 2.45) is 7.05 Å². The third-order valence-electron chi connectivity index (χ3n) is 4.16. The lowest BCUT2D eigenvalue weighted by molar-refractivity contribution is -0.00950. The second-order valence-electron chi connectivity index (χ2n) is 6.26. The van der Waals surface area contributed by atoms with Crippen molar-refractivity contribution in [3.63, 3.8) is 0 Å². The molecule has 0 aliphatic carbocycles. The van der Waals surface area contributed by atoms with E-state index in [2.05, 4.69) is 15.4 Å². The van der Waals surface area contributed by atoms with Crippen LogP contribution in [0.25, 0.3) is 0 Å². The molecule has 3 heterocycles. The van der Waals surface area contributed by atoms with Crippen LogP contribution in [0.1, 0.15) is 34.9 Å². The van der Waals surface area contributed by atoms with E-state index in [1.807, 2.05) is 38.3 Å². The van der Waals surface area contributed by atoms with E-state index in [1.54, 1.807) is 23.1 Å². The monoisotopic (exact) mass is 329 g/mol. The highest BCUT2D eigenvalue weighted by Gasteiger charge is 2.30. The van der Waals surface area contributed by atoms with E-state index in [-0.39, 0.29) is 18.1 Å². The van der Waals surface area contributed by atoms with Crippen molar-refractivity contribution >= 4 is 11.7 Å². The fourth-order valence-electron chi connectivity index (χ4n) is 2.88. The first-order valence-corrected chi connectivity index (χ1v) is 8.09. The fourth-order valence-corrected chi connectivity index (χ4v) is 2.88. The average Bonchev–Trinajstić information content (AvgIpc) is 3.01. The maximum atomic E-state index is 12.5. The van der Waals surface area contributed by atoms with Gasteiger partial charge < -0.3 is 15.0 Å². The molecule has 0 spiro atoms. The molecule has 1 N–H and O–H groups in total. The summed E-state index contributed by atoms with van der Waals surface area (Å²) in [6, 6.07) is 3.56. The van der Waals surface area contributed by atoms with E-state index in [0.29, 0.717) is 12.2 Å². The Morgan fingerprint density at radius 1 is 1.38 bits per heavy atom. The second-order valence-corrected chi connectivity index (χ2v) is 6.26. The standard InChI is InChI=1S/C17H23N5O2/c1-21(2)15-7-6-12(9-18-15)17(23)20-14-5-4-8-24-16(14)13-10-19-22(3)11-13/h6-7,9-11,14,16H,4-5,8H2,1-3H3,(H,20,23)/t14-,16+/m0/s1. The smallest absolute Gasteiger partial charge is 0.253 e. The van der Waals surface area contributed by atoms with Gasteiger partial charge in [-0.05, 0) is 25.0 Å². The van der Waals surface area contributed by atoms with Crippen molar-refractivity contribution in [3.8, 4) is 0 Å². The first-order chi connectivity index (χ1) is 11.5. The number of carbonyl (C=O) groups excluding carboxylic acids is 1. The highest BCUT2D eigenvalue weighted by atomic mass is 16.5. The maximum absolute atomic E-state index is 12.5. The van der Waals surface area contributed by atoms with Gasteiger partial charge in [0, 0.05) is 45.7 Å². The number of hydrogen-bond acceptors (Lipinski definition) is 5. The van der Waals surface area contributed by atoms with E-state index >= 15 is 0 Å². The Hall–Kier alpha value is -2.41. The van der Waals surface area contributed by atoms with Crippen molar-refractivity contribution in [1.29, 1.82) is 0 Å². The van der Waals surface area contributed by atoms with Crippen LogP contribution in [0.2, 0.25) is 0 Å². The SMILES string of the molecule is CN(C)c1ccc(C(=O)N[C@H]2CCCO[C@@H]2c2cnn(C)c2)cn1. The summed E-state index contributed by atoms with van der Waals surface area (Å²) in [6.07, 6.45) is 6.98. The number of nitrogens with zero attached hydrogens (tertiary/aromatic N) is 4. The molecule has 1 aliphatic rings. The molecule has 0 radical (unpaired) electrons. The zero-order valence-electron chi connectivity index (χ0n) is 14.3. The minimum absolute atomic E-state index is 0.0658. The molecular formula is C17H23N5O2. The van der Waals surface area contributed by atoms with Crippen LogP contribution in [-0.4, -0.2) is 47.4 Å². The van der Waals surface area contributed by atoms with Crippen LogP contribution >= 0.6 is 0 Å². The summed E-state index contributed by atoms with van der Waals surface area (Å²) in [7, 11) is 5.71. The molecule has 128 valence electrons. The van der Waals surface area contributed by atoms with Crippen LogP contribution in [0.3, 0.4) is 0 Å². The first kappa shape index (κ1) is 16.4. The van der Waals surface area contributed by atoms with Gasteiger partial charge in [0.05, 0.1) is 17.8 Å². The lowest BCUT2D eigenvalue weighted by atomic mass is 9.98. The zero-order chi connectivity index (χ0) is 17.1. The van der Waals surface area contributed by atoms with Crippen LogP contribution in [0.5, 0.6) is 0 Å². The summed E-state index contributed by atoms with van der Waals surface area (Å²) in [5.74, 6) is 0.693. The lowest BCUT2D eigenvalue weighted by Gasteiger charge is -2.31. The number of hydrogen-bond donors (Lipinski definition) is 1. The molecule has 0 saturated carbocycles. The number of aryl methyl sites for hydroxylation is 1. The van der Waals surface area contributed by atoms with E-state index in [9.17, 15) is 4.79 Å². The van der Waals surface area contributed by atoms with Crippen LogP contribution in [-0.2, 0) is 11.8 Å². The topological polar surface area (TPSA) is 72.3 Å².